The largest absolute Gasteiger partial charge is 0.351 e. The highest BCUT2D eigenvalue weighted by atomic mass is 16.5. The maximum Gasteiger partial charge on any atom is 0.327 e. The van der Waals surface area contributed by atoms with Crippen LogP contribution in [0.3, 0.4) is 0 Å². The average molecular weight is 117 g/mol. The van der Waals surface area contributed by atoms with Crippen LogP contribution >= 0.6 is 0 Å². The molecular weight excluding hydrogens is 114 g/mol. The van der Waals surface area contributed by atoms with Crippen LogP contribution in [0.5, 0.6) is 0 Å². The summed E-state index contributed by atoms with van der Waals surface area (Å²) in [6, 6.07) is 0. The van der Waals surface area contributed by atoms with Gasteiger partial charge in [-0.05, 0) is 0 Å². The van der Waals surface area contributed by atoms with Crippen molar-refractivity contribution in [1.82, 2.24) is 5.32 Å². The third kappa shape index (κ3) is 0.368. The first kappa shape index (κ1) is 5.20. The summed E-state index contributed by atoms with van der Waals surface area (Å²) < 4.78 is 0. The number of nitrogens with one attached hydrogen (secondary N) is 1. The van der Waals surface area contributed by atoms with Crippen LogP contribution in [0.25, 0.3) is 0 Å². The van der Waals surface area contributed by atoms with Crippen LogP contribution in [-0.4, -0.2) is 27.8 Å². The quantitative estimate of drug-likeness (QED) is 0.183. The van der Waals surface area contributed by atoms with Gasteiger partial charge in [-0.1, -0.05) is 0 Å². The number of hydrogen-bond donors (Lipinski definition) is 3. The minimum absolute atomic E-state index is 1.07. The van der Waals surface area contributed by atoms with Gasteiger partial charge in [0.25, 0.3) is 11.8 Å². The predicted octanol–water partition coefficient (Wildman–Crippen LogP) is -2.68. The molecule has 0 aliphatic carbocycles. The molecule has 5 heteroatoms. The Morgan fingerprint density at radius 1 is 1.25 bits per heavy atom. The summed E-state index contributed by atoms with van der Waals surface area (Å²) in [5, 5.41) is 18.1. The fraction of sp³-hybridized carbons (Fsp3) is 0.333. The van der Waals surface area contributed by atoms with Gasteiger partial charge in [-0.2, -0.15) is 0 Å². The molecule has 0 atom stereocenters. The molecule has 1 rings (SSSR count). The van der Waals surface area contributed by atoms with E-state index >= 15 is 0 Å². The van der Waals surface area contributed by atoms with Gasteiger partial charge >= 0.3 is 5.79 Å². The summed E-state index contributed by atoms with van der Waals surface area (Å²) in [6.45, 7) is 0. The van der Waals surface area contributed by atoms with E-state index in [-0.39, 0.29) is 0 Å². The predicted molar refractivity (Wildman–Crippen MR) is 20.3 cm³/mol. The highest BCUT2D eigenvalue weighted by molar-refractivity contribution is 6.22. The van der Waals surface area contributed by atoms with Gasteiger partial charge in [-0.3, -0.25) is 14.9 Å². The molecular formula is C3H3NO4. The Kier molecular flexibility index (Phi) is 0.694. The molecule has 1 aliphatic rings. The highest BCUT2D eigenvalue weighted by Crippen LogP contribution is 2.07. The van der Waals surface area contributed by atoms with Gasteiger partial charge in [-0.15, -0.1) is 0 Å². The van der Waals surface area contributed by atoms with Crippen molar-refractivity contribution < 1.29 is 19.8 Å². The molecule has 0 aromatic carbocycles. The lowest BCUT2D eigenvalue weighted by atomic mass is 10.1. The molecule has 1 aliphatic heterocycles. The first-order chi connectivity index (χ1) is 3.55. The second-order valence-corrected chi connectivity index (χ2v) is 1.46. The van der Waals surface area contributed by atoms with E-state index in [1.165, 1.54) is 0 Å². The molecule has 0 bridgehead atoms. The fourth-order valence-electron chi connectivity index (χ4n) is 0.318. The number of carbonyl (C=O) groups is 2. The smallest absolute Gasteiger partial charge is 0.327 e. The fourth-order valence-corrected chi connectivity index (χ4v) is 0.318. The lowest BCUT2D eigenvalue weighted by Crippen LogP contribution is -2.69. The Bertz CT molecular complexity index is 145. The molecule has 1 fully saturated rings. The van der Waals surface area contributed by atoms with E-state index in [0.29, 0.717) is 0 Å². The first-order valence-electron chi connectivity index (χ1n) is 1.86. The van der Waals surface area contributed by atoms with Gasteiger partial charge in [0, 0.05) is 0 Å². The third-order valence-corrected chi connectivity index (χ3v) is 0.860. The summed E-state index contributed by atoms with van der Waals surface area (Å²) in [5.74, 6) is -4.88. The van der Waals surface area contributed by atoms with Gasteiger partial charge in [0.1, 0.15) is 0 Å². The van der Waals surface area contributed by atoms with Gasteiger partial charge < -0.3 is 10.2 Å². The Morgan fingerprint density at radius 2 is 1.62 bits per heavy atom. The van der Waals surface area contributed by atoms with Gasteiger partial charge in [0.05, 0.1) is 0 Å². The number of amides is 2. The van der Waals surface area contributed by atoms with Crippen LogP contribution in [0.15, 0.2) is 0 Å². The molecule has 0 unspecified atom stereocenters. The molecule has 1 heterocycles. The standard InChI is InChI=1S/C3H3NO4/c5-1-3(7,8)2(6)4-1/h7-8H,(H,4,5,6). The maximum absolute atomic E-state index is 9.93. The van der Waals surface area contributed by atoms with Crippen LogP contribution in [0.4, 0.5) is 0 Å². The number of rotatable bonds is 0. The second kappa shape index (κ2) is 1.07. The molecule has 44 valence electrons. The summed E-state index contributed by atoms with van der Waals surface area (Å²) in [4.78, 5) is 19.9. The average Bonchev–Trinajstić information content (AvgIpc) is 1.68. The number of hydrogen-bond acceptors (Lipinski definition) is 4. The molecule has 0 saturated carbocycles. The van der Waals surface area contributed by atoms with Crippen molar-refractivity contribution >= 4 is 11.8 Å². The van der Waals surface area contributed by atoms with Crippen LogP contribution in [0, 0.1) is 0 Å². The van der Waals surface area contributed by atoms with E-state index in [1.807, 2.05) is 0 Å². The lowest BCUT2D eigenvalue weighted by molar-refractivity contribution is -0.209. The summed E-state index contributed by atoms with van der Waals surface area (Å²) >= 11 is 0. The van der Waals surface area contributed by atoms with E-state index in [1.54, 1.807) is 5.32 Å². The van der Waals surface area contributed by atoms with Crippen LogP contribution in [-0.2, 0) is 9.59 Å². The molecule has 0 radical (unpaired) electrons. The number of imide groups is 1. The highest BCUT2D eigenvalue weighted by Gasteiger charge is 2.53. The monoisotopic (exact) mass is 117 g/mol. The van der Waals surface area contributed by atoms with Crippen LogP contribution in [0.1, 0.15) is 0 Å². The van der Waals surface area contributed by atoms with Gasteiger partial charge in [0.2, 0.25) is 0 Å². The zero-order valence-corrected chi connectivity index (χ0v) is 3.71. The van der Waals surface area contributed by atoms with Crippen LogP contribution < -0.4 is 5.32 Å². The Balaban J connectivity index is 2.81. The molecule has 2 amide bonds. The van der Waals surface area contributed by atoms with Crippen molar-refractivity contribution in [3.05, 3.63) is 0 Å². The molecule has 3 N–H and O–H groups in total. The maximum atomic E-state index is 9.93. The summed E-state index contributed by atoms with van der Waals surface area (Å²) in [6.07, 6.45) is 0. The van der Waals surface area contributed by atoms with Crippen molar-refractivity contribution in [3.8, 4) is 0 Å². The normalized spacial score (nSPS) is 24.2. The number of β-lactam (4-membered cyclic amide) rings is 2. The van der Waals surface area contributed by atoms with Crippen molar-refractivity contribution in [1.29, 1.82) is 0 Å². The second-order valence-electron chi connectivity index (χ2n) is 1.46. The number of carbonyl (C=O) groups excluding carboxylic acids is 2. The molecule has 0 spiro atoms. The third-order valence-electron chi connectivity index (χ3n) is 0.860. The SMILES string of the molecule is O=C1NC(=O)C1(O)O. The Hall–Kier alpha value is -0.940. The van der Waals surface area contributed by atoms with Gasteiger partial charge in [0.15, 0.2) is 0 Å². The number of aliphatic hydroxyl groups is 2. The lowest BCUT2D eigenvalue weighted by Gasteiger charge is -2.26. The summed E-state index contributed by atoms with van der Waals surface area (Å²) in [7, 11) is 0. The van der Waals surface area contributed by atoms with Crippen molar-refractivity contribution in [2.45, 2.75) is 5.79 Å². The molecule has 8 heavy (non-hydrogen) atoms. The van der Waals surface area contributed by atoms with E-state index in [4.69, 9.17) is 10.2 Å². The van der Waals surface area contributed by atoms with Gasteiger partial charge in [-0.25, -0.2) is 0 Å². The van der Waals surface area contributed by atoms with E-state index in [9.17, 15) is 9.59 Å². The zero-order chi connectivity index (χ0) is 6.36. The topological polar surface area (TPSA) is 86.6 Å². The van der Waals surface area contributed by atoms with Crippen molar-refractivity contribution in [2.75, 3.05) is 0 Å². The van der Waals surface area contributed by atoms with Crippen molar-refractivity contribution in [3.63, 3.8) is 0 Å². The minimum Gasteiger partial charge on any atom is -0.351 e. The molecule has 0 aromatic rings. The van der Waals surface area contributed by atoms with E-state index in [2.05, 4.69) is 0 Å². The molecule has 5 nitrogen and oxygen atoms in total. The Morgan fingerprint density at radius 3 is 1.62 bits per heavy atom. The van der Waals surface area contributed by atoms with E-state index < -0.39 is 17.6 Å². The van der Waals surface area contributed by atoms with Crippen LogP contribution in [0.2, 0.25) is 0 Å². The molecule has 1 saturated heterocycles. The van der Waals surface area contributed by atoms with E-state index in [0.717, 1.165) is 0 Å². The summed E-state index contributed by atoms with van der Waals surface area (Å²) in [5.41, 5.74) is 0. The first-order valence-corrected chi connectivity index (χ1v) is 1.86. The Labute approximate surface area is 43.9 Å². The minimum atomic E-state index is -2.75. The zero-order valence-electron chi connectivity index (χ0n) is 3.71. The van der Waals surface area contributed by atoms with Crippen molar-refractivity contribution in [2.24, 2.45) is 0 Å². The molecule has 0 aromatic heterocycles.